The highest BCUT2D eigenvalue weighted by atomic mass is 32.2. The molecule has 0 aromatic heterocycles. The summed E-state index contributed by atoms with van der Waals surface area (Å²) in [7, 11) is 0. The van der Waals surface area contributed by atoms with Gasteiger partial charge in [0.05, 0.1) is 18.1 Å². The summed E-state index contributed by atoms with van der Waals surface area (Å²) in [6.07, 6.45) is 17.1. The summed E-state index contributed by atoms with van der Waals surface area (Å²) in [5.74, 6) is 0. The van der Waals surface area contributed by atoms with Gasteiger partial charge < -0.3 is 9.80 Å². The molecule has 4 aromatic carbocycles. The Morgan fingerprint density at radius 3 is 2.36 bits per heavy atom. The zero-order valence-electron chi connectivity index (χ0n) is 24.5. The molecule has 5 atom stereocenters. The number of fused-ring (bicyclic) bond motifs is 6. The lowest BCUT2D eigenvalue weighted by Gasteiger charge is -2.34. The van der Waals surface area contributed by atoms with Gasteiger partial charge in [0.2, 0.25) is 0 Å². The van der Waals surface area contributed by atoms with Crippen LogP contribution in [0.2, 0.25) is 0 Å². The van der Waals surface area contributed by atoms with Crippen molar-refractivity contribution in [2.45, 2.75) is 52.8 Å². The molecule has 5 unspecified atom stereocenters. The van der Waals surface area contributed by atoms with Gasteiger partial charge in [-0.3, -0.25) is 0 Å². The SMILES string of the molecule is C1=CCC(N(c2ccccc2)c2cccc(-c3cccc(N4C5C6=C(CCC=C6)SC5C5Sc6ccccc6C54)c3)c2)C=C1. The van der Waals surface area contributed by atoms with E-state index in [-0.39, 0.29) is 6.04 Å². The maximum absolute atomic E-state index is 2.79. The van der Waals surface area contributed by atoms with Crippen molar-refractivity contribution in [3.05, 3.63) is 156 Å². The van der Waals surface area contributed by atoms with E-state index in [4.69, 9.17) is 0 Å². The van der Waals surface area contributed by atoms with Crippen LogP contribution in [-0.4, -0.2) is 22.6 Å². The molecule has 0 radical (unpaired) electrons. The fourth-order valence-corrected chi connectivity index (χ4v) is 11.2. The summed E-state index contributed by atoms with van der Waals surface area (Å²) in [4.78, 5) is 8.36. The predicted molar refractivity (Wildman–Crippen MR) is 189 cm³/mol. The summed E-state index contributed by atoms with van der Waals surface area (Å²) in [5, 5.41) is 1.14. The first-order chi connectivity index (χ1) is 21.8. The normalized spacial score (nSPS) is 26.0. The van der Waals surface area contributed by atoms with E-state index in [2.05, 4.69) is 173 Å². The second kappa shape index (κ2) is 10.9. The maximum atomic E-state index is 2.79. The van der Waals surface area contributed by atoms with Gasteiger partial charge in [0.25, 0.3) is 0 Å². The molecule has 4 heteroatoms. The van der Waals surface area contributed by atoms with Crippen LogP contribution in [0.4, 0.5) is 17.1 Å². The van der Waals surface area contributed by atoms with Crippen LogP contribution >= 0.6 is 23.5 Å². The zero-order chi connectivity index (χ0) is 29.0. The quantitative estimate of drug-likeness (QED) is 0.223. The van der Waals surface area contributed by atoms with Crippen LogP contribution in [0.3, 0.4) is 0 Å². The first kappa shape index (κ1) is 26.5. The van der Waals surface area contributed by atoms with E-state index in [0.717, 1.165) is 6.42 Å². The molecule has 216 valence electrons. The second-order valence-electron chi connectivity index (χ2n) is 12.2. The Labute approximate surface area is 268 Å². The van der Waals surface area contributed by atoms with Crippen molar-refractivity contribution in [1.82, 2.24) is 0 Å². The molecule has 0 amide bonds. The first-order valence-electron chi connectivity index (χ1n) is 15.8. The Hall–Kier alpha value is -3.86. The molecule has 0 bridgehead atoms. The number of rotatable bonds is 5. The number of benzene rings is 4. The van der Waals surface area contributed by atoms with Crippen molar-refractivity contribution in [2.75, 3.05) is 9.80 Å². The third-order valence-corrected chi connectivity index (χ3v) is 12.9. The van der Waals surface area contributed by atoms with Crippen molar-refractivity contribution in [3.8, 4) is 11.1 Å². The molecular formula is C40H34N2S2. The van der Waals surface area contributed by atoms with E-state index in [0.29, 0.717) is 22.6 Å². The minimum Gasteiger partial charge on any atom is -0.355 e. The second-order valence-corrected chi connectivity index (χ2v) is 14.7. The maximum Gasteiger partial charge on any atom is 0.0694 e. The van der Waals surface area contributed by atoms with E-state index < -0.39 is 0 Å². The first-order valence-corrected chi connectivity index (χ1v) is 17.6. The standard InChI is InChI=1S/C40H34N2S2/c1-3-15-29(16-4-1)41(30-17-5-2-6-18-30)31-19-11-13-27(25-31)28-14-12-20-32(26-28)42-37-33-21-7-9-23-35(33)43-39(37)40-38(42)34-22-8-10-24-36(34)44-40/h1-9,11-17,19-23,25-26,30,37-40H,10,18,24H2. The predicted octanol–water partition coefficient (Wildman–Crippen LogP) is 10.5. The van der Waals surface area contributed by atoms with Gasteiger partial charge in [0.1, 0.15) is 0 Å². The Morgan fingerprint density at radius 2 is 1.48 bits per heavy atom. The Kier molecular flexibility index (Phi) is 6.60. The van der Waals surface area contributed by atoms with Gasteiger partial charge in [0, 0.05) is 32.5 Å². The van der Waals surface area contributed by atoms with Crippen LogP contribution in [0.15, 0.2) is 155 Å². The van der Waals surface area contributed by atoms with E-state index in [9.17, 15) is 0 Å². The lowest BCUT2D eigenvalue weighted by Crippen LogP contribution is -2.35. The monoisotopic (exact) mass is 606 g/mol. The van der Waals surface area contributed by atoms with E-state index in [1.54, 1.807) is 10.5 Å². The van der Waals surface area contributed by atoms with Crippen LogP contribution in [-0.2, 0) is 0 Å². The summed E-state index contributed by atoms with van der Waals surface area (Å²) in [5.41, 5.74) is 9.38. The van der Waals surface area contributed by atoms with Crippen molar-refractivity contribution in [3.63, 3.8) is 0 Å². The Bertz CT molecular complexity index is 1850. The fraction of sp³-hybridized carbons (Fsp3) is 0.200. The minimum atomic E-state index is 0.285. The number of allylic oxidation sites excluding steroid dienone is 4. The van der Waals surface area contributed by atoms with Crippen LogP contribution in [0.1, 0.15) is 30.9 Å². The minimum absolute atomic E-state index is 0.285. The highest BCUT2D eigenvalue weighted by Gasteiger charge is 2.57. The lowest BCUT2D eigenvalue weighted by atomic mass is 9.97. The summed E-state index contributed by atoms with van der Waals surface area (Å²) < 4.78 is 0. The molecule has 0 spiro atoms. The van der Waals surface area contributed by atoms with Gasteiger partial charge in [-0.05, 0) is 88.9 Å². The highest BCUT2D eigenvalue weighted by molar-refractivity contribution is 8.06. The van der Waals surface area contributed by atoms with Crippen LogP contribution in [0.25, 0.3) is 11.1 Å². The van der Waals surface area contributed by atoms with Gasteiger partial charge in [-0.1, -0.05) is 97.1 Å². The molecule has 4 aromatic rings. The fourth-order valence-electron chi connectivity index (χ4n) is 7.84. The molecule has 44 heavy (non-hydrogen) atoms. The number of nitrogens with zero attached hydrogens (tertiary/aromatic N) is 2. The molecule has 2 nitrogen and oxygen atoms in total. The van der Waals surface area contributed by atoms with Gasteiger partial charge in [-0.25, -0.2) is 0 Å². The molecule has 0 saturated carbocycles. The van der Waals surface area contributed by atoms with Gasteiger partial charge >= 0.3 is 0 Å². The summed E-state index contributed by atoms with van der Waals surface area (Å²) in [6.45, 7) is 0. The molecule has 5 aliphatic rings. The third-order valence-electron chi connectivity index (χ3n) is 9.73. The average molecular weight is 607 g/mol. The lowest BCUT2D eigenvalue weighted by molar-refractivity contribution is 0.703. The van der Waals surface area contributed by atoms with Gasteiger partial charge in [-0.15, -0.1) is 23.5 Å². The molecule has 3 aliphatic heterocycles. The van der Waals surface area contributed by atoms with E-state index >= 15 is 0 Å². The molecule has 3 heterocycles. The number of thioether (sulfide) groups is 2. The van der Waals surface area contributed by atoms with Gasteiger partial charge in [-0.2, -0.15) is 0 Å². The van der Waals surface area contributed by atoms with Crippen LogP contribution in [0.5, 0.6) is 0 Å². The van der Waals surface area contributed by atoms with Crippen LogP contribution < -0.4 is 9.80 Å². The smallest absolute Gasteiger partial charge is 0.0694 e. The van der Waals surface area contributed by atoms with Crippen molar-refractivity contribution in [2.24, 2.45) is 0 Å². The number of hydrogen-bond donors (Lipinski definition) is 0. The molecule has 2 aliphatic carbocycles. The van der Waals surface area contributed by atoms with E-state index in [1.807, 2.05) is 0 Å². The Balaban J connectivity index is 1.12. The van der Waals surface area contributed by atoms with Crippen molar-refractivity contribution < 1.29 is 0 Å². The van der Waals surface area contributed by atoms with Crippen molar-refractivity contribution >= 4 is 40.6 Å². The molecular weight excluding hydrogens is 573 g/mol. The summed E-state index contributed by atoms with van der Waals surface area (Å²) in [6, 6.07) is 39.5. The zero-order valence-corrected chi connectivity index (χ0v) is 26.1. The molecule has 9 rings (SSSR count). The topological polar surface area (TPSA) is 6.48 Å². The summed E-state index contributed by atoms with van der Waals surface area (Å²) >= 11 is 4.29. The van der Waals surface area contributed by atoms with E-state index in [1.165, 1.54) is 51.5 Å². The van der Waals surface area contributed by atoms with Crippen molar-refractivity contribution in [1.29, 1.82) is 0 Å². The molecule has 0 N–H and O–H groups in total. The number of para-hydroxylation sites is 1. The Morgan fingerprint density at radius 1 is 0.682 bits per heavy atom. The largest absolute Gasteiger partial charge is 0.355 e. The number of anilines is 3. The number of hydrogen-bond acceptors (Lipinski definition) is 4. The van der Waals surface area contributed by atoms with Crippen LogP contribution in [0, 0.1) is 0 Å². The average Bonchev–Trinajstić information content (AvgIpc) is 3.74. The highest BCUT2D eigenvalue weighted by Crippen LogP contribution is 2.63. The van der Waals surface area contributed by atoms with Gasteiger partial charge in [0.15, 0.2) is 0 Å². The molecule has 1 fully saturated rings. The third kappa shape index (κ3) is 4.34. The molecule has 1 saturated heterocycles.